The second-order valence-electron chi connectivity index (χ2n) is 6.34. The number of hydrogen-bond donors (Lipinski definition) is 1. The highest BCUT2D eigenvalue weighted by atomic mass is 16.2. The average Bonchev–Trinajstić information content (AvgIpc) is 2.80. The minimum Gasteiger partial charge on any atom is -0.342 e. The van der Waals surface area contributed by atoms with Crippen molar-refractivity contribution < 1.29 is 9.59 Å². The Morgan fingerprint density at radius 3 is 2.29 bits per heavy atom. The van der Waals surface area contributed by atoms with Gasteiger partial charge in [0.25, 0.3) is 0 Å². The van der Waals surface area contributed by atoms with Gasteiger partial charge in [0.05, 0.1) is 6.54 Å². The molecule has 1 aliphatic heterocycles. The maximum Gasteiger partial charge on any atom is 0.238 e. The molecule has 0 unspecified atom stereocenters. The second kappa shape index (κ2) is 8.83. The largest absolute Gasteiger partial charge is 0.342 e. The molecule has 1 N–H and O–H groups in total. The summed E-state index contributed by atoms with van der Waals surface area (Å²) in [5, 5.41) is 3.12. The molecule has 0 aromatic heterocycles. The minimum atomic E-state index is 0.0295. The summed E-state index contributed by atoms with van der Waals surface area (Å²) in [4.78, 5) is 28.0. The smallest absolute Gasteiger partial charge is 0.238 e. The first kappa shape index (κ1) is 18.5. The molecule has 0 spiro atoms. The quantitative estimate of drug-likeness (QED) is 0.901. The highest BCUT2D eigenvalue weighted by molar-refractivity contribution is 5.93. The number of para-hydroxylation sites is 1. The van der Waals surface area contributed by atoms with E-state index in [2.05, 4.69) is 42.3 Å². The first-order chi connectivity index (χ1) is 11.5. The molecule has 1 aliphatic rings. The molecule has 0 atom stereocenters. The molecule has 0 bridgehead atoms. The van der Waals surface area contributed by atoms with Crippen LogP contribution in [0.3, 0.4) is 0 Å². The third-order valence-corrected chi connectivity index (χ3v) is 4.66. The Morgan fingerprint density at radius 2 is 1.71 bits per heavy atom. The summed E-state index contributed by atoms with van der Waals surface area (Å²) in [6, 6.07) is 6.20. The van der Waals surface area contributed by atoms with Gasteiger partial charge < -0.3 is 10.2 Å². The van der Waals surface area contributed by atoms with Crippen LogP contribution in [0, 0.1) is 0 Å². The summed E-state index contributed by atoms with van der Waals surface area (Å²) in [6.07, 6.45) is 2.72. The molecule has 1 fully saturated rings. The van der Waals surface area contributed by atoms with E-state index in [-0.39, 0.29) is 11.8 Å². The van der Waals surface area contributed by atoms with Gasteiger partial charge in [-0.3, -0.25) is 14.5 Å². The summed E-state index contributed by atoms with van der Waals surface area (Å²) >= 11 is 0. The van der Waals surface area contributed by atoms with E-state index in [4.69, 9.17) is 0 Å². The molecule has 2 rings (SSSR count). The monoisotopic (exact) mass is 331 g/mol. The molecule has 1 saturated heterocycles. The van der Waals surface area contributed by atoms with E-state index in [1.165, 1.54) is 11.1 Å². The Labute approximate surface area is 145 Å². The minimum absolute atomic E-state index is 0.0295. The summed E-state index contributed by atoms with van der Waals surface area (Å²) < 4.78 is 0. The van der Waals surface area contributed by atoms with Gasteiger partial charge in [0, 0.05) is 38.8 Å². The van der Waals surface area contributed by atoms with E-state index in [1.54, 1.807) is 6.92 Å². The van der Waals surface area contributed by atoms with Crippen molar-refractivity contribution in [2.75, 3.05) is 38.0 Å². The molecular formula is C19H29N3O2. The number of anilines is 1. The van der Waals surface area contributed by atoms with Crippen LogP contribution < -0.4 is 5.32 Å². The van der Waals surface area contributed by atoms with Gasteiger partial charge in [-0.05, 0) is 30.4 Å². The second-order valence-corrected chi connectivity index (χ2v) is 6.34. The maximum atomic E-state index is 12.5. The first-order valence-corrected chi connectivity index (χ1v) is 8.93. The third-order valence-electron chi connectivity index (χ3n) is 4.66. The zero-order valence-electron chi connectivity index (χ0n) is 15.1. The molecule has 0 aliphatic carbocycles. The lowest BCUT2D eigenvalue weighted by Crippen LogP contribution is -2.37. The molecule has 2 amide bonds. The molecule has 1 aromatic carbocycles. The number of amides is 2. The van der Waals surface area contributed by atoms with Crippen LogP contribution in [0.1, 0.15) is 38.3 Å². The van der Waals surface area contributed by atoms with Crippen LogP contribution >= 0.6 is 0 Å². The standard InChI is InChI=1S/C19H29N3O2/c1-4-16-8-6-9-17(5-2)19(16)20-18(24)14-21-10-7-11-22(13-12-21)15(3)23/h6,8-9H,4-5,7,10-14H2,1-3H3,(H,20,24). The lowest BCUT2D eigenvalue weighted by molar-refractivity contribution is -0.128. The van der Waals surface area contributed by atoms with Gasteiger partial charge in [-0.2, -0.15) is 0 Å². The first-order valence-electron chi connectivity index (χ1n) is 8.93. The van der Waals surface area contributed by atoms with Crippen LogP contribution in [0.5, 0.6) is 0 Å². The maximum absolute atomic E-state index is 12.5. The van der Waals surface area contributed by atoms with Crippen molar-refractivity contribution >= 4 is 17.5 Å². The van der Waals surface area contributed by atoms with Crippen molar-refractivity contribution in [3.63, 3.8) is 0 Å². The third kappa shape index (κ3) is 4.81. The number of hydrogen-bond acceptors (Lipinski definition) is 3. The molecule has 0 saturated carbocycles. The van der Waals surface area contributed by atoms with Crippen LogP contribution in [0.4, 0.5) is 5.69 Å². The Hall–Kier alpha value is -1.88. The summed E-state index contributed by atoms with van der Waals surface area (Å²) in [6.45, 7) is 9.30. The Kier molecular flexibility index (Phi) is 6.79. The molecule has 1 heterocycles. The van der Waals surface area contributed by atoms with E-state index in [1.807, 2.05) is 4.90 Å². The predicted molar refractivity (Wildman–Crippen MR) is 97.1 cm³/mol. The normalized spacial score (nSPS) is 15.9. The molecule has 1 aromatic rings. The topological polar surface area (TPSA) is 52.7 Å². The fourth-order valence-corrected chi connectivity index (χ4v) is 3.23. The zero-order valence-corrected chi connectivity index (χ0v) is 15.1. The predicted octanol–water partition coefficient (Wildman–Crippen LogP) is 2.30. The molecular weight excluding hydrogens is 302 g/mol. The fourth-order valence-electron chi connectivity index (χ4n) is 3.23. The van der Waals surface area contributed by atoms with Gasteiger partial charge in [-0.25, -0.2) is 0 Å². The lowest BCUT2D eigenvalue weighted by atomic mass is 10.0. The van der Waals surface area contributed by atoms with Crippen LogP contribution in [0.15, 0.2) is 18.2 Å². The summed E-state index contributed by atoms with van der Waals surface area (Å²) in [7, 11) is 0. The van der Waals surface area contributed by atoms with E-state index in [0.29, 0.717) is 13.1 Å². The van der Waals surface area contributed by atoms with Crippen LogP contribution in [0.25, 0.3) is 0 Å². The van der Waals surface area contributed by atoms with Crippen molar-refractivity contribution in [2.45, 2.75) is 40.0 Å². The SMILES string of the molecule is CCc1cccc(CC)c1NC(=O)CN1CCCN(C(C)=O)CC1. The highest BCUT2D eigenvalue weighted by Crippen LogP contribution is 2.22. The summed E-state index contributed by atoms with van der Waals surface area (Å²) in [5.74, 6) is 0.146. The lowest BCUT2D eigenvalue weighted by Gasteiger charge is -2.21. The average molecular weight is 331 g/mol. The van der Waals surface area contributed by atoms with Gasteiger partial charge in [0.15, 0.2) is 0 Å². The Bertz CT molecular complexity index is 564. The van der Waals surface area contributed by atoms with E-state index >= 15 is 0 Å². The Balaban J connectivity index is 1.97. The van der Waals surface area contributed by atoms with E-state index in [0.717, 1.165) is 44.6 Å². The number of aryl methyl sites for hydroxylation is 2. The molecule has 5 heteroatoms. The van der Waals surface area contributed by atoms with Crippen molar-refractivity contribution in [2.24, 2.45) is 0 Å². The van der Waals surface area contributed by atoms with E-state index in [9.17, 15) is 9.59 Å². The van der Waals surface area contributed by atoms with Crippen LogP contribution in [-0.4, -0.2) is 54.3 Å². The van der Waals surface area contributed by atoms with E-state index < -0.39 is 0 Å². The van der Waals surface area contributed by atoms with Crippen molar-refractivity contribution in [1.29, 1.82) is 0 Å². The number of nitrogens with one attached hydrogen (secondary N) is 1. The van der Waals surface area contributed by atoms with Crippen molar-refractivity contribution in [1.82, 2.24) is 9.80 Å². The van der Waals surface area contributed by atoms with Gasteiger partial charge in [0.2, 0.25) is 11.8 Å². The number of carbonyl (C=O) groups excluding carboxylic acids is 2. The van der Waals surface area contributed by atoms with Gasteiger partial charge >= 0.3 is 0 Å². The number of nitrogens with zero attached hydrogens (tertiary/aromatic N) is 2. The fraction of sp³-hybridized carbons (Fsp3) is 0.579. The summed E-state index contributed by atoms with van der Waals surface area (Å²) in [5.41, 5.74) is 3.34. The van der Waals surface area contributed by atoms with Crippen molar-refractivity contribution in [3.05, 3.63) is 29.3 Å². The zero-order chi connectivity index (χ0) is 17.5. The van der Waals surface area contributed by atoms with Crippen LogP contribution in [-0.2, 0) is 22.4 Å². The van der Waals surface area contributed by atoms with Gasteiger partial charge in [-0.1, -0.05) is 32.0 Å². The van der Waals surface area contributed by atoms with Crippen molar-refractivity contribution in [3.8, 4) is 0 Å². The highest BCUT2D eigenvalue weighted by Gasteiger charge is 2.19. The Morgan fingerprint density at radius 1 is 1.04 bits per heavy atom. The molecule has 24 heavy (non-hydrogen) atoms. The number of carbonyl (C=O) groups is 2. The molecule has 0 radical (unpaired) electrons. The molecule has 132 valence electrons. The van der Waals surface area contributed by atoms with Gasteiger partial charge in [0.1, 0.15) is 0 Å². The number of rotatable bonds is 5. The molecule has 5 nitrogen and oxygen atoms in total. The van der Waals surface area contributed by atoms with Crippen LogP contribution in [0.2, 0.25) is 0 Å². The number of benzene rings is 1. The van der Waals surface area contributed by atoms with Gasteiger partial charge in [-0.15, -0.1) is 0 Å².